The molecule has 114 valence electrons. The first-order valence-electron chi connectivity index (χ1n) is 7.62. The van der Waals surface area contributed by atoms with Gasteiger partial charge in [-0.15, -0.1) is 5.10 Å². The second kappa shape index (κ2) is 6.80. The Kier molecular flexibility index (Phi) is 5.07. The van der Waals surface area contributed by atoms with Crippen LogP contribution in [0.1, 0.15) is 48.8 Å². The van der Waals surface area contributed by atoms with Gasteiger partial charge >= 0.3 is 0 Å². The molecule has 2 heterocycles. The highest BCUT2D eigenvalue weighted by atomic mass is 15.3. The van der Waals surface area contributed by atoms with E-state index >= 15 is 0 Å². The fourth-order valence-corrected chi connectivity index (χ4v) is 2.69. The predicted octanol–water partition coefficient (Wildman–Crippen LogP) is 2.69. The number of rotatable bonds is 6. The van der Waals surface area contributed by atoms with Crippen molar-refractivity contribution >= 4 is 0 Å². The van der Waals surface area contributed by atoms with Crippen molar-refractivity contribution in [2.45, 2.75) is 47.0 Å². The van der Waals surface area contributed by atoms with E-state index in [1.807, 2.05) is 23.7 Å². The van der Waals surface area contributed by atoms with Crippen LogP contribution in [-0.4, -0.2) is 33.1 Å². The fourth-order valence-electron chi connectivity index (χ4n) is 2.69. The van der Waals surface area contributed by atoms with Gasteiger partial charge in [-0.05, 0) is 51.8 Å². The summed E-state index contributed by atoms with van der Waals surface area (Å²) in [4.78, 5) is 0. The van der Waals surface area contributed by atoms with Gasteiger partial charge in [-0.25, -0.2) is 4.68 Å². The van der Waals surface area contributed by atoms with Crippen LogP contribution in [0.3, 0.4) is 0 Å². The van der Waals surface area contributed by atoms with Crippen LogP contribution in [0, 0.1) is 20.8 Å². The molecule has 0 saturated heterocycles. The van der Waals surface area contributed by atoms with Gasteiger partial charge in [0.05, 0.1) is 11.4 Å². The molecule has 0 spiro atoms. The van der Waals surface area contributed by atoms with Crippen LogP contribution in [0.2, 0.25) is 0 Å². The van der Waals surface area contributed by atoms with Crippen molar-refractivity contribution in [2.24, 2.45) is 0 Å². The lowest BCUT2D eigenvalue weighted by atomic mass is 9.99. The summed E-state index contributed by atoms with van der Waals surface area (Å²) in [6, 6.07) is 3.93. The summed E-state index contributed by atoms with van der Waals surface area (Å²) in [7, 11) is 0. The Hall–Kier alpha value is -1.75. The highest BCUT2D eigenvalue weighted by molar-refractivity contribution is 5.34. The minimum Gasteiger partial charge on any atom is -0.316 e. The minimum absolute atomic E-state index is 0.434. The Morgan fingerprint density at radius 2 is 1.95 bits per heavy atom. The summed E-state index contributed by atoms with van der Waals surface area (Å²) in [6.07, 6.45) is 1.16. The standard InChI is InChI=1S/C16H25N5/c1-6-9-17-10-11(2)16-13(4)20-21(14(16)5)15-8-7-12(3)18-19-15/h7-8,11,17H,6,9-10H2,1-5H3. The SMILES string of the molecule is CCCNCC(C)c1c(C)nn(-c2ccc(C)nn2)c1C. The third kappa shape index (κ3) is 3.47. The number of nitrogens with zero attached hydrogens (tertiary/aromatic N) is 4. The van der Waals surface area contributed by atoms with E-state index in [-0.39, 0.29) is 0 Å². The molecule has 2 aromatic heterocycles. The zero-order valence-electron chi connectivity index (χ0n) is 13.6. The first-order chi connectivity index (χ1) is 10.0. The Balaban J connectivity index is 2.26. The van der Waals surface area contributed by atoms with Gasteiger partial charge in [-0.2, -0.15) is 10.2 Å². The summed E-state index contributed by atoms with van der Waals surface area (Å²) >= 11 is 0. The summed E-state index contributed by atoms with van der Waals surface area (Å²) in [5, 5.41) is 16.5. The van der Waals surface area contributed by atoms with Gasteiger partial charge in [0.25, 0.3) is 0 Å². The van der Waals surface area contributed by atoms with Gasteiger partial charge in [0.15, 0.2) is 5.82 Å². The molecular formula is C16H25N5. The first kappa shape index (κ1) is 15.6. The second-order valence-electron chi connectivity index (χ2n) is 5.63. The van der Waals surface area contributed by atoms with Crippen molar-refractivity contribution in [3.63, 3.8) is 0 Å². The van der Waals surface area contributed by atoms with Crippen molar-refractivity contribution in [3.8, 4) is 5.82 Å². The Bertz CT molecular complexity index is 585. The number of hydrogen-bond donors (Lipinski definition) is 1. The summed E-state index contributed by atoms with van der Waals surface area (Å²) < 4.78 is 1.90. The van der Waals surface area contributed by atoms with Crippen molar-refractivity contribution in [1.29, 1.82) is 0 Å². The lowest BCUT2D eigenvalue weighted by molar-refractivity contribution is 0.605. The smallest absolute Gasteiger partial charge is 0.175 e. The van der Waals surface area contributed by atoms with E-state index in [0.717, 1.165) is 42.4 Å². The molecule has 0 amide bonds. The Morgan fingerprint density at radius 1 is 1.19 bits per heavy atom. The highest BCUT2D eigenvalue weighted by Crippen LogP contribution is 2.24. The maximum absolute atomic E-state index is 4.65. The van der Waals surface area contributed by atoms with Crippen LogP contribution in [0.15, 0.2) is 12.1 Å². The maximum atomic E-state index is 4.65. The topological polar surface area (TPSA) is 55.6 Å². The molecule has 0 aliphatic rings. The second-order valence-corrected chi connectivity index (χ2v) is 5.63. The largest absolute Gasteiger partial charge is 0.316 e. The number of aryl methyl sites for hydroxylation is 2. The summed E-state index contributed by atoms with van der Waals surface area (Å²) in [6.45, 7) is 12.6. The number of hydrogen-bond acceptors (Lipinski definition) is 4. The molecule has 1 N–H and O–H groups in total. The molecule has 0 aliphatic carbocycles. The van der Waals surface area contributed by atoms with Crippen LogP contribution in [0.4, 0.5) is 0 Å². The summed E-state index contributed by atoms with van der Waals surface area (Å²) in [5.74, 6) is 1.21. The quantitative estimate of drug-likeness (QED) is 0.830. The molecule has 2 rings (SSSR count). The Labute approximate surface area is 126 Å². The molecule has 0 bridgehead atoms. The third-order valence-corrected chi connectivity index (χ3v) is 3.72. The molecule has 1 atom stereocenters. The molecule has 21 heavy (non-hydrogen) atoms. The van der Waals surface area contributed by atoms with Crippen molar-refractivity contribution in [2.75, 3.05) is 13.1 Å². The van der Waals surface area contributed by atoms with E-state index in [9.17, 15) is 0 Å². The van der Waals surface area contributed by atoms with E-state index in [2.05, 4.69) is 48.3 Å². The molecular weight excluding hydrogens is 262 g/mol. The van der Waals surface area contributed by atoms with E-state index in [1.54, 1.807) is 0 Å². The van der Waals surface area contributed by atoms with Crippen molar-refractivity contribution in [1.82, 2.24) is 25.3 Å². The third-order valence-electron chi connectivity index (χ3n) is 3.72. The van der Waals surface area contributed by atoms with Crippen LogP contribution in [0.5, 0.6) is 0 Å². The highest BCUT2D eigenvalue weighted by Gasteiger charge is 2.18. The minimum atomic E-state index is 0.434. The molecule has 0 fully saturated rings. The zero-order chi connectivity index (χ0) is 15.4. The lowest BCUT2D eigenvalue weighted by Crippen LogP contribution is -2.21. The van der Waals surface area contributed by atoms with E-state index in [4.69, 9.17) is 0 Å². The molecule has 5 nitrogen and oxygen atoms in total. The van der Waals surface area contributed by atoms with Crippen molar-refractivity contribution < 1.29 is 0 Å². The zero-order valence-corrected chi connectivity index (χ0v) is 13.6. The normalized spacial score (nSPS) is 12.6. The van der Waals surface area contributed by atoms with Gasteiger partial charge in [0.1, 0.15) is 0 Å². The first-order valence-corrected chi connectivity index (χ1v) is 7.62. The van der Waals surface area contributed by atoms with Gasteiger partial charge in [0.2, 0.25) is 0 Å². The number of aromatic nitrogens is 4. The Morgan fingerprint density at radius 3 is 2.57 bits per heavy atom. The van der Waals surface area contributed by atoms with Crippen LogP contribution >= 0.6 is 0 Å². The van der Waals surface area contributed by atoms with Gasteiger partial charge < -0.3 is 5.32 Å². The average Bonchev–Trinajstić information content (AvgIpc) is 2.75. The maximum Gasteiger partial charge on any atom is 0.175 e. The number of nitrogens with one attached hydrogen (secondary N) is 1. The average molecular weight is 287 g/mol. The molecule has 0 radical (unpaired) electrons. The summed E-state index contributed by atoms with van der Waals surface area (Å²) in [5.41, 5.74) is 4.44. The molecule has 0 aromatic carbocycles. The van der Waals surface area contributed by atoms with Crippen LogP contribution < -0.4 is 5.32 Å². The predicted molar refractivity (Wildman–Crippen MR) is 84.9 cm³/mol. The van der Waals surface area contributed by atoms with E-state index in [0.29, 0.717) is 5.92 Å². The van der Waals surface area contributed by atoms with Gasteiger partial charge in [-0.3, -0.25) is 0 Å². The molecule has 5 heteroatoms. The van der Waals surface area contributed by atoms with Gasteiger partial charge in [0, 0.05) is 17.8 Å². The van der Waals surface area contributed by atoms with E-state index in [1.165, 1.54) is 5.56 Å². The molecule has 0 aliphatic heterocycles. The molecule has 0 saturated carbocycles. The monoisotopic (exact) mass is 287 g/mol. The van der Waals surface area contributed by atoms with E-state index < -0.39 is 0 Å². The van der Waals surface area contributed by atoms with Crippen LogP contribution in [0.25, 0.3) is 5.82 Å². The van der Waals surface area contributed by atoms with Crippen molar-refractivity contribution in [3.05, 3.63) is 34.8 Å². The molecule has 1 unspecified atom stereocenters. The van der Waals surface area contributed by atoms with Gasteiger partial charge in [-0.1, -0.05) is 13.8 Å². The lowest BCUT2D eigenvalue weighted by Gasteiger charge is -2.13. The molecule has 2 aromatic rings. The fraction of sp³-hybridized carbons (Fsp3) is 0.562. The van der Waals surface area contributed by atoms with Crippen LogP contribution in [-0.2, 0) is 0 Å².